The molecule has 2 N–H and O–H groups in total. The zero-order chi connectivity index (χ0) is 19.2. The Morgan fingerprint density at radius 2 is 1.67 bits per heavy atom. The maximum atomic E-state index is 12.5. The van der Waals surface area contributed by atoms with E-state index in [9.17, 15) is 9.59 Å². The van der Waals surface area contributed by atoms with Crippen molar-refractivity contribution < 1.29 is 9.59 Å². The average Bonchev–Trinajstić information content (AvgIpc) is 2.70. The van der Waals surface area contributed by atoms with Gasteiger partial charge in [-0.05, 0) is 54.8 Å². The molecule has 5 nitrogen and oxygen atoms in total. The smallest absolute Gasteiger partial charge is 0.274 e. The molecule has 0 radical (unpaired) electrons. The summed E-state index contributed by atoms with van der Waals surface area (Å²) in [5, 5.41) is 5.66. The zero-order valence-electron chi connectivity index (χ0n) is 15.3. The van der Waals surface area contributed by atoms with Gasteiger partial charge < -0.3 is 10.6 Å². The van der Waals surface area contributed by atoms with Crippen molar-refractivity contribution in [2.45, 2.75) is 20.3 Å². The molecule has 3 rings (SSSR count). The fourth-order valence-electron chi connectivity index (χ4n) is 2.62. The third kappa shape index (κ3) is 4.58. The van der Waals surface area contributed by atoms with Crippen LogP contribution in [0.1, 0.15) is 38.9 Å². The Kier molecular flexibility index (Phi) is 5.61. The highest BCUT2D eigenvalue weighted by Crippen LogP contribution is 2.16. The van der Waals surface area contributed by atoms with Crippen molar-refractivity contribution in [3.05, 3.63) is 89.2 Å². The molecule has 0 fully saturated rings. The molecule has 27 heavy (non-hydrogen) atoms. The van der Waals surface area contributed by atoms with E-state index in [1.807, 2.05) is 55.5 Å². The zero-order valence-corrected chi connectivity index (χ0v) is 15.3. The first kappa shape index (κ1) is 18.3. The van der Waals surface area contributed by atoms with Crippen molar-refractivity contribution in [1.29, 1.82) is 0 Å². The monoisotopic (exact) mass is 359 g/mol. The van der Waals surface area contributed by atoms with E-state index in [-0.39, 0.29) is 17.5 Å². The summed E-state index contributed by atoms with van der Waals surface area (Å²) in [5.74, 6) is -0.641. The number of benzene rings is 2. The third-order valence-electron chi connectivity index (χ3n) is 4.27. The number of nitrogens with zero attached hydrogens (tertiary/aromatic N) is 1. The Hall–Kier alpha value is -3.47. The van der Waals surface area contributed by atoms with E-state index in [1.54, 1.807) is 6.07 Å². The van der Waals surface area contributed by atoms with Gasteiger partial charge in [0.05, 0.1) is 0 Å². The Balaban J connectivity index is 1.73. The molecule has 1 aromatic heterocycles. The molecule has 1 heterocycles. The highest BCUT2D eigenvalue weighted by Gasteiger charge is 2.13. The van der Waals surface area contributed by atoms with Gasteiger partial charge in [-0.15, -0.1) is 0 Å². The first-order valence-corrected chi connectivity index (χ1v) is 8.80. The molecule has 0 saturated carbocycles. The van der Waals surface area contributed by atoms with Crippen molar-refractivity contribution in [3.8, 4) is 0 Å². The van der Waals surface area contributed by atoms with Crippen molar-refractivity contribution in [2.24, 2.45) is 0 Å². The molecule has 2 amide bonds. The van der Waals surface area contributed by atoms with Gasteiger partial charge in [0, 0.05) is 23.1 Å². The van der Waals surface area contributed by atoms with E-state index < -0.39 is 0 Å². The van der Waals surface area contributed by atoms with Crippen LogP contribution in [-0.2, 0) is 6.42 Å². The number of aryl methyl sites for hydroxylation is 2. The lowest BCUT2D eigenvalue weighted by Gasteiger charge is -2.09. The highest BCUT2D eigenvalue weighted by molar-refractivity contribution is 6.08. The highest BCUT2D eigenvalue weighted by atomic mass is 16.2. The SMILES string of the molecule is CCc1ccc(NC(=O)c2cc(C(=O)Nc3ccccc3C)ccn2)cc1. The number of pyridine rings is 1. The number of rotatable bonds is 5. The Labute approximate surface area is 158 Å². The second kappa shape index (κ2) is 8.27. The van der Waals surface area contributed by atoms with Crippen LogP contribution < -0.4 is 10.6 Å². The lowest BCUT2D eigenvalue weighted by molar-refractivity contribution is 0.102. The average molecular weight is 359 g/mol. The Morgan fingerprint density at radius 3 is 2.37 bits per heavy atom. The van der Waals surface area contributed by atoms with Crippen LogP contribution in [0, 0.1) is 6.92 Å². The van der Waals surface area contributed by atoms with E-state index >= 15 is 0 Å². The van der Waals surface area contributed by atoms with Crippen molar-refractivity contribution in [2.75, 3.05) is 10.6 Å². The molecule has 5 heteroatoms. The minimum absolute atomic E-state index is 0.187. The molecule has 136 valence electrons. The third-order valence-corrected chi connectivity index (χ3v) is 4.27. The molecule has 0 unspecified atom stereocenters. The topological polar surface area (TPSA) is 71.1 Å². The predicted molar refractivity (Wildman–Crippen MR) is 107 cm³/mol. The van der Waals surface area contributed by atoms with Gasteiger partial charge in [-0.2, -0.15) is 0 Å². The molecule has 2 aromatic carbocycles. The quantitative estimate of drug-likeness (QED) is 0.707. The van der Waals surface area contributed by atoms with Gasteiger partial charge >= 0.3 is 0 Å². The largest absolute Gasteiger partial charge is 0.322 e. The molecular formula is C22H21N3O2. The Bertz CT molecular complexity index is 965. The molecule has 0 spiro atoms. The second-order valence-corrected chi connectivity index (χ2v) is 6.20. The number of carbonyl (C=O) groups excluding carboxylic acids is 2. The first-order valence-electron chi connectivity index (χ1n) is 8.80. The standard InChI is InChI=1S/C22H21N3O2/c1-3-16-8-10-18(11-9-16)24-22(27)20-14-17(12-13-23-20)21(26)25-19-7-5-4-6-15(19)2/h4-14H,3H2,1-2H3,(H,24,27)(H,25,26). The summed E-state index contributed by atoms with van der Waals surface area (Å²) < 4.78 is 0. The van der Waals surface area contributed by atoms with E-state index in [2.05, 4.69) is 22.5 Å². The van der Waals surface area contributed by atoms with Crippen LogP contribution in [0.3, 0.4) is 0 Å². The van der Waals surface area contributed by atoms with Crippen LogP contribution in [0.5, 0.6) is 0 Å². The van der Waals surface area contributed by atoms with Gasteiger partial charge in [-0.25, -0.2) is 0 Å². The lowest BCUT2D eigenvalue weighted by Crippen LogP contribution is -2.17. The summed E-state index contributed by atoms with van der Waals surface area (Å²) >= 11 is 0. The summed E-state index contributed by atoms with van der Waals surface area (Å²) in [5.41, 5.74) is 4.15. The summed E-state index contributed by atoms with van der Waals surface area (Å²) in [6.45, 7) is 4.00. The van der Waals surface area contributed by atoms with E-state index in [1.165, 1.54) is 17.8 Å². The summed E-state index contributed by atoms with van der Waals surface area (Å²) in [4.78, 5) is 29.0. The minimum Gasteiger partial charge on any atom is -0.322 e. The lowest BCUT2D eigenvalue weighted by atomic mass is 10.1. The van der Waals surface area contributed by atoms with Gasteiger partial charge in [0.25, 0.3) is 11.8 Å². The van der Waals surface area contributed by atoms with Gasteiger partial charge in [-0.3, -0.25) is 14.6 Å². The van der Waals surface area contributed by atoms with E-state index in [0.29, 0.717) is 11.3 Å². The van der Waals surface area contributed by atoms with E-state index in [0.717, 1.165) is 17.7 Å². The predicted octanol–water partition coefficient (Wildman–Crippen LogP) is 4.46. The molecular weight excluding hydrogens is 338 g/mol. The maximum absolute atomic E-state index is 12.5. The van der Waals surface area contributed by atoms with Crippen molar-refractivity contribution in [3.63, 3.8) is 0 Å². The van der Waals surface area contributed by atoms with Gasteiger partial charge in [0.2, 0.25) is 0 Å². The summed E-state index contributed by atoms with van der Waals surface area (Å²) in [6, 6.07) is 18.2. The van der Waals surface area contributed by atoms with Crippen LogP contribution in [0.15, 0.2) is 66.9 Å². The normalized spacial score (nSPS) is 10.3. The van der Waals surface area contributed by atoms with Gasteiger partial charge in [0.15, 0.2) is 0 Å². The van der Waals surface area contributed by atoms with E-state index in [4.69, 9.17) is 0 Å². The number of hydrogen-bond acceptors (Lipinski definition) is 3. The first-order chi connectivity index (χ1) is 13.1. The van der Waals surface area contributed by atoms with Crippen LogP contribution in [0.25, 0.3) is 0 Å². The Morgan fingerprint density at radius 1 is 0.926 bits per heavy atom. The number of nitrogens with one attached hydrogen (secondary N) is 2. The van der Waals surface area contributed by atoms with Crippen LogP contribution >= 0.6 is 0 Å². The number of carbonyl (C=O) groups is 2. The molecule has 0 saturated heterocycles. The van der Waals surface area contributed by atoms with Crippen molar-refractivity contribution in [1.82, 2.24) is 4.98 Å². The van der Waals surface area contributed by atoms with Crippen LogP contribution in [0.2, 0.25) is 0 Å². The number of aromatic nitrogens is 1. The summed E-state index contributed by atoms with van der Waals surface area (Å²) in [7, 11) is 0. The fourth-order valence-corrected chi connectivity index (χ4v) is 2.62. The van der Waals surface area contributed by atoms with Crippen molar-refractivity contribution >= 4 is 23.2 Å². The molecule has 3 aromatic rings. The summed E-state index contributed by atoms with van der Waals surface area (Å²) in [6.07, 6.45) is 2.40. The second-order valence-electron chi connectivity index (χ2n) is 6.20. The van der Waals surface area contributed by atoms with Gasteiger partial charge in [0.1, 0.15) is 5.69 Å². The molecule has 0 atom stereocenters. The number of anilines is 2. The number of amides is 2. The molecule has 0 aliphatic carbocycles. The van der Waals surface area contributed by atoms with Crippen LogP contribution in [-0.4, -0.2) is 16.8 Å². The minimum atomic E-state index is -0.357. The fraction of sp³-hybridized carbons (Fsp3) is 0.136. The molecule has 0 aliphatic rings. The van der Waals surface area contributed by atoms with Gasteiger partial charge in [-0.1, -0.05) is 37.3 Å². The molecule has 0 bridgehead atoms. The number of hydrogen-bond donors (Lipinski definition) is 2. The molecule has 0 aliphatic heterocycles. The number of para-hydroxylation sites is 1. The maximum Gasteiger partial charge on any atom is 0.274 e. The van der Waals surface area contributed by atoms with Crippen LogP contribution in [0.4, 0.5) is 11.4 Å².